The topological polar surface area (TPSA) is 82.1 Å². The third kappa shape index (κ3) is 3.05. The van der Waals surface area contributed by atoms with E-state index in [0.29, 0.717) is 24.6 Å². The van der Waals surface area contributed by atoms with Crippen molar-refractivity contribution in [3.8, 4) is 11.5 Å². The van der Waals surface area contributed by atoms with E-state index >= 15 is 0 Å². The lowest BCUT2D eigenvalue weighted by atomic mass is 10.2. The fourth-order valence-electron chi connectivity index (χ4n) is 1.47. The molecule has 2 aromatic rings. The van der Waals surface area contributed by atoms with Gasteiger partial charge in [0.05, 0.1) is 16.6 Å². The molecule has 6 nitrogen and oxygen atoms in total. The van der Waals surface area contributed by atoms with Crippen LogP contribution in [0.1, 0.15) is 12.3 Å². The Morgan fingerprint density at radius 2 is 2.21 bits per heavy atom. The van der Waals surface area contributed by atoms with E-state index in [1.54, 1.807) is 0 Å². The molecule has 1 aromatic heterocycles. The monoisotopic (exact) mass is 285 g/mol. The average Bonchev–Trinajstić information content (AvgIpc) is 2.84. The third-order valence-electron chi connectivity index (χ3n) is 2.39. The van der Waals surface area contributed by atoms with Crippen LogP contribution in [0, 0.1) is 15.9 Å². The molecule has 0 fully saturated rings. The van der Waals surface area contributed by atoms with Gasteiger partial charge in [-0.3, -0.25) is 10.1 Å². The largest absolute Gasteiger partial charge is 0.421 e. The molecule has 2 rings (SSSR count). The summed E-state index contributed by atoms with van der Waals surface area (Å²) in [5, 5.41) is 18.0. The number of halogens is 2. The zero-order chi connectivity index (χ0) is 13.8. The minimum Gasteiger partial charge on any atom is -0.421 e. The molecule has 0 N–H and O–H groups in total. The Labute approximate surface area is 112 Å². The molecule has 8 heteroatoms. The Kier molecular flexibility index (Phi) is 4.06. The van der Waals surface area contributed by atoms with Gasteiger partial charge >= 0.3 is 0 Å². The Bertz CT molecular complexity index is 603. The minimum absolute atomic E-state index is 0.00281. The quantitative estimate of drug-likeness (QED) is 0.479. The van der Waals surface area contributed by atoms with Crippen LogP contribution in [-0.4, -0.2) is 21.0 Å². The number of nitro benzene ring substituents is 1. The second-order valence-corrected chi connectivity index (χ2v) is 4.09. The van der Waals surface area contributed by atoms with E-state index in [0.717, 1.165) is 6.07 Å². The van der Waals surface area contributed by atoms with Crippen LogP contribution in [-0.2, 0) is 6.42 Å². The van der Waals surface area contributed by atoms with Crippen LogP contribution in [0.3, 0.4) is 0 Å². The molecular formula is C11H9ClFN3O3. The van der Waals surface area contributed by atoms with Crippen molar-refractivity contribution in [3.05, 3.63) is 40.0 Å². The van der Waals surface area contributed by atoms with Gasteiger partial charge in [0, 0.05) is 18.4 Å². The van der Waals surface area contributed by atoms with Crippen LogP contribution in [0.4, 0.5) is 10.1 Å². The maximum Gasteiger partial charge on any atom is 0.272 e. The van der Waals surface area contributed by atoms with Gasteiger partial charge in [0.15, 0.2) is 0 Å². The predicted octanol–water partition coefficient (Wildman–Crippen LogP) is 2.96. The molecule has 19 heavy (non-hydrogen) atoms. The number of aromatic nitrogens is 2. The van der Waals surface area contributed by atoms with E-state index in [2.05, 4.69) is 10.2 Å². The van der Waals surface area contributed by atoms with Gasteiger partial charge in [0.2, 0.25) is 5.89 Å². The Balaban J connectivity index is 2.26. The highest BCUT2D eigenvalue weighted by Crippen LogP contribution is 2.25. The molecule has 0 saturated carbocycles. The second-order valence-electron chi connectivity index (χ2n) is 3.71. The van der Waals surface area contributed by atoms with Crippen molar-refractivity contribution in [1.82, 2.24) is 10.2 Å². The van der Waals surface area contributed by atoms with Gasteiger partial charge in [-0.15, -0.1) is 21.8 Å². The van der Waals surface area contributed by atoms with Crippen LogP contribution in [0.25, 0.3) is 11.5 Å². The molecule has 0 aliphatic rings. The van der Waals surface area contributed by atoms with Gasteiger partial charge in [-0.1, -0.05) is 0 Å². The molecule has 1 aromatic carbocycles. The van der Waals surface area contributed by atoms with E-state index in [4.69, 9.17) is 16.0 Å². The smallest absolute Gasteiger partial charge is 0.272 e. The van der Waals surface area contributed by atoms with Crippen LogP contribution in [0.15, 0.2) is 22.6 Å². The lowest BCUT2D eigenvalue weighted by molar-refractivity contribution is -0.385. The number of nitro groups is 1. The molecule has 0 aliphatic heterocycles. The van der Waals surface area contributed by atoms with Gasteiger partial charge < -0.3 is 4.42 Å². The van der Waals surface area contributed by atoms with Gasteiger partial charge in [-0.2, -0.15) is 0 Å². The van der Waals surface area contributed by atoms with Crippen molar-refractivity contribution in [2.75, 3.05) is 5.88 Å². The first-order valence-electron chi connectivity index (χ1n) is 5.44. The summed E-state index contributed by atoms with van der Waals surface area (Å²) in [6.45, 7) is 0. The normalized spacial score (nSPS) is 10.6. The zero-order valence-electron chi connectivity index (χ0n) is 9.68. The Morgan fingerprint density at radius 3 is 2.84 bits per heavy atom. The van der Waals surface area contributed by atoms with Crippen LogP contribution >= 0.6 is 11.6 Å². The first kappa shape index (κ1) is 13.4. The fourth-order valence-corrected chi connectivity index (χ4v) is 1.61. The molecular weight excluding hydrogens is 277 g/mol. The molecule has 0 radical (unpaired) electrons. The molecule has 0 aliphatic carbocycles. The Morgan fingerprint density at radius 1 is 1.42 bits per heavy atom. The lowest BCUT2D eigenvalue weighted by Gasteiger charge is -1.97. The maximum absolute atomic E-state index is 13.7. The van der Waals surface area contributed by atoms with E-state index in [1.165, 1.54) is 12.1 Å². The van der Waals surface area contributed by atoms with Crippen molar-refractivity contribution in [1.29, 1.82) is 0 Å². The van der Waals surface area contributed by atoms with Crippen molar-refractivity contribution in [3.63, 3.8) is 0 Å². The molecule has 100 valence electrons. The number of alkyl halides is 1. The number of non-ortho nitro benzene ring substituents is 1. The first-order chi connectivity index (χ1) is 9.11. The third-order valence-corrected chi connectivity index (χ3v) is 2.65. The number of hydrogen-bond acceptors (Lipinski definition) is 5. The standard InChI is InChI=1S/C11H9ClFN3O3/c12-5-1-2-10-14-15-11(19-10)8-4-3-7(16(17)18)6-9(8)13/h3-4,6H,1-2,5H2. The summed E-state index contributed by atoms with van der Waals surface area (Å²) in [5.41, 5.74) is -0.293. The molecule has 0 bridgehead atoms. The number of nitrogens with zero attached hydrogens (tertiary/aromatic N) is 3. The van der Waals surface area contributed by atoms with Crippen molar-refractivity contribution in [2.45, 2.75) is 12.8 Å². The minimum atomic E-state index is -0.776. The Hall–Kier alpha value is -2.02. The number of hydrogen-bond donors (Lipinski definition) is 0. The van der Waals surface area contributed by atoms with Crippen molar-refractivity contribution < 1.29 is 13.7 Å². The molecule has 0 amide bonds. The molecule has 0 saturated heterocycles. The molecule has 0 atom stereocenters. The fraction of sp³-hybridized carbons (Fsp3) is 0.273. The zero-order valence-corrected chi connectivity index (χ0v) is 10.4. The highest BCUT2D eigenvalue weighted by molar-refractivity contribution is 6.17. The summed E-state index contributed by atoms with van der Waals surface area (Å²) in [6, 6.07) is 3.24. The van der Waals surface area contributed by atoms with Gasteiger partial charge in [0.1, 0.15) is 5.82 Å². The predicted molar refractivity (Wildman–Crippen MR) is 65.4 cm³/mol. The highest BCUT2D eigenvalue weighted by Gasteiger charge is 2.16. The van der Waals surface area contributed by atoms with Crippen molar-refractivity contribution in [2.24, 2.45) is 0 Å². The maximum atomic E-state index is 13.7. The number of aryl methyl sites for hydroxylation is 1. The van der Waals surface area contributed by atoms with Crippen LogP contribution < -0.4 is 0 Å². The number of rotatable bonds is 5. The summed E-state index contributed by atoms with van der Waals surface area (Å²) < 4.78 is 19.0. The van der Waals surface area contributed by atoms with E-state index in [9.17, 15) is 14.5 Å². The summed E-state index contributed by atoms with van der Waals surface area (Å²) in [5.74, 6) is 0.0379. The van der Waals surface area contributed by atoms with Gasteiger partial charge in [-0.05, 0) is 12.5 Å². The van der Waals surface area contributed by atoms with Crippen LogP contribution in [0.2, 0.25) is 0 Å². The van der Waals surface area contributed by atoms with Gasteiger partial charge in [0.25, 0.3) is 11.6 Å². The number of benzene rings is 1. The summed E-state index contributed by atoms with van der Waals surface area (Å²) in [6.07, 6.45) is 1.18. The SMILES string of the molecule is O=[N+]([O-])c1ccc(-c2nnc(CCCCl)o2)c(F)c1. The lowest BCUT2D eigenvalue weighted by Crippen LogP contribution is -1.91. The van der Waals surface area contributed by atoms with Crippen molar-refractivity contribution >= 4 is 17.3 Å². The molecule has 1 heterocycles. The second kappa shape index (κ2) is 5.75. The molecule has 0 unspecified atom stereocenters. The van der Waals surface area contributed by atoms with Gasteiger partial charge in [-0.25, -0.2) is 4.39 Å². The first-order valence-corrected chi connectivity index (χ1v) is 5.98. The van der Waals surface area contributed by atoms with E-state index in [1.807, 2.05) is 0 Å². The van der Waals surface area contributed by atoms with E-state index < -0.39 is 10.7 Å². The summed E-state index contributed by atoms with van der Waals surface area (Å²) in [4.78, 5) is 9.82. The molecule has 0 spiro atoms. The highest BCUT2D eigenvalue weighted by atomic mass is 35.5. The van der Waals surface area contributed by atoms with E-state index in [-0.39, 0.29) is 17.1 Å². The summed E-state index contributed by atoms with van der Waals surface area (Å²) >= 11 is 5.53. The summed E-state index contributed by atoms with van der Waals surface area (Å²) in [7, 11) is 0. The average molecular weight is 286 g/mol. The van der Waals surface area contributed by atoms with Crippen LogP contribution in [0.5, 0.6) is 0 Å².